The van der Waals surface area contributed by atoms with Crippen molar-refractivity contribution in [3.63, 3.8) is 0 Å². The molecule has 2 amide bonds. The second-order valence-corrected chi connectivity index (χ2v) is 7.30. The van der Waals surface area contributed by atoms with Crippen LogP contribution in [0.4, 0.5) is 19.0 Å². The number of aryl methyl sites for hydroxylation is 1. The third-order valence-corrected chi connectivity index (χ3v) is 5.03. The number of aromatic hydroxyl groups is 1. The number of piperidine rings is 1. The van der Waals surface area contributed by atoms with Gasteiger partial charge in [0, 0.05) is 31.6 Å². The highest BCUT2D eigenvalue weighted by Crippen LogP contribution is 2.38. The highest BCUT2D eigenvalue weighted by Gasteiger charge is 2.32. The van der Waals surface area contributed by atoms with Gasteiger partial charge >= 0.3 is 6.18 Å². The summed E-state index contributed by atoms with van der Waals surface area (Å²) in [6.07, 6.45) is -3.74. The molecule has 32 heavy (non-hydrogen) atoms. The molecule has 1 saturated heterocycles. The Morgan fingerprint density at radius 1 is 1.28 bits per heavy atom. The number of nitrogens with two attached hydrogens (primary N) is 1. The number of benzene rings is 1. The first-order valence-electron chi connectivity index (χ1n) is 10.2. The van der Waals surface area contributed by atoms with Crippen LogP contribution in [0, 0.1) is 6.92 Å². The number of anilines is 1. The fourth-order valence-corrected chi connectivity index (χ4v) is 3.46. The fourth-order valence-electron chi connectivity index (χ4n) is 3.46. The zero-order valence-corrected chi connectivity index (χ0v) is 18.4. The monoisotopic (exact) mass is 452 g/mol. The second-order valence-electron chi connectivity index (χ2n) is 7.30. The number of carbonyl (C=O) groups excluding carboxylic acids is 2. The summed E-state index contributed by atoms with van der Waals surface area (Å²) >= 11 is 0. The van der Waals surface area contributed by atoms with E-state index in [1.54, 1.807) is 7.05 Å². The molecule has 4 N–H and O–H groups in total. The van der Waals surface area contributed by atoms with Gasteiger partial charge in [-0.05, 0) is 43.2 Å². The molecule has 2 aromatic rings. The van der Waals surface area contributed by atoms with E-state index in [9.17, 15) is 27.9 Å². The number of carbonyl (C=O) groups is 2. The first-order chi connectivity index (χ1) is 15.0. The maximum absolute atomic E-state index is 12.9. The number of likely N-dealkylation sites (N-methyl/N-ethyl adjacent to an activating group) is 1. The Balaban J connectivity index is 0.00000176. The lowest BCUT2D eigenvalue weighted by Crippen LogP contribution is -2.48. The number of hydrogen-bond donors (Lipinski definition) is 3. The minimum atomic E-state index is -4.59. The second kappa shape index (κ2) is 9.88. The Morgan fingerprint density at radius 3 is 2.47 bits per heavy atom. The summed E-state index contributed by atoms with van der Waals surface area (Å²) < 4.78 is 38.7. The van der Waals surface area contributed by atoms with Crippen LogP contribution >= 0.6 is 0 Å². The third-order valence-electron chi connectivity index (χ3n) is 5.03. The van der Waals surface area contributed by atoms with Gasteiger partial charge in [-0.2, -0.15) is 13.2 Å². The lowest BCUT2D eigenvalue weighted by atomic mass is 9.99. The number of aromatic nitrogens is 1. The van der Waals surface area contributed by atoms with E-state index < -0.39 is 23.4 Å². The molecule has 1 unspecified atom stereocenters. The van der Waals surface area contributed by atoms with Crippen molar-refractivity contribution in [3.8, 4) is 17.0 Å². The number of nitrogens with zero attached hydrogens (tertiary/aromatic N) is 2. The first kappa shape index (κ1) is 25.0. The Kier molecular flexibility index (Phi) is 7.71. The molecule has 1 atom stereocenters. The number of pyridine rings is 1. The molecule has 174 valence electrons. The number of likely N-dealkylation sites (tertiary alicyclic amines) is 1. The Hall–Kier alpha value is -3.30. The van der Waals surface area contributed by atoms with Crippen molar-refractivity contribution in [2.45, 2.75) is 45.8 Å². The number of phenols is 1. The average molecular weight is 452 g/mol. The molecule has 0 bridgehead atoms. The van der Waals surface area contributed by atoms with Crippen molar-refractivity contribution in [1.29, 1.82) is 0 Å². The molecule has 1 aliphatic rings. The largest absolute Gasteiger partial charge is 0.507 e. The Bertz CT molecular complexity index is 985. The predicted octanol–water partition coefficient (Wildman–Crippen LogP) is 3.74. The average Bonchev–Trinajstić information content (AvgIpc) is 2.71. The van der Waals surface area contributed by atoms with Crippen LogP contribution in [0.1, 0.15) is 48.2 Å². The van der Waals surface area contributed by atoms with Crippen molar-refractivity contribution < 1.29 is 27.9 Å². The van der Waals surface area contributed by atoms with Gasteiger partial charge in [0.15, 0.2) is 0 Å². The van der Waals surface area contributed by atoms with E-state index in [1.165, 1.54) is 24.0 Å². The van der Waals surface area contributed by atoms with Gasteiger partial charge in [0.1, 0.15) is 11.6 Å². The van der Waals surface area contributed by atoms with Crippen LogP contribution in [0.2, 0.25) is 0 Å². The van der Waals surface area contributed by atoms with Crippen LogP contribution in [0.5, 0.6) is 5.75 Å². The van der Waals surface area contributed by atoms with Gasteiger partial charge in [-0.15, -0.1) is 0 Å². The molecule has 1 aromatic heterocycles. The van der Waals surface area contributed by atoms with Gasteiger partial charge in [-0.25, -0.2) is 4.98 Å². The summed E-state index contributed by atoms with van der Waals surface area (Å²) in [5, 5.41) is 12.9. The van der Waals surface area contributed by atoms with Gasteiger partial charge < -0.3 is 21.1 Å². The summed E-state index contributed by atoms with van der Waals surface area (Å²) in [5.41, 5.74) is 5.47. The molecule has 1 fully saturated rings. The molecule has 0 spiro atoms. The van der Waals surface area contributed by atoms with Crippen LogP contribution in [0.15, 0.2) is 24.3 Å². The Labute approximate surface area is 184 Å². The molecule has 3 rings (SSSR count). The third kappa shape index (κ3) is 5.49. The maximum atomic E-state index is 12.9. The summed E-state index contributed by atoms with van der Waals surface area (Å²) in [4.78, 5) is 29.7. The minimum absolute atomic E-state index is 0.0118. The zero-order valence-electron chi connectivity index (χ0n) is 18.4. The maximum Gasteiger partial charge on any atom is 0.416 e. The van der Waals surface area contributed by atoms with Crippen molar-refractivity contribution in [3.05, 3.63) is 41.0 Å². The number of rotatable bonds is 3. The van der Waals surface area contributed by atoms with Gasteiger partial charge in [-0.1, -0.05) is 13.8 Å². The van der Waals surface area contributed by atoms with Gasteiger partial charge in [0.05, 0.1) is 16.8 Å². The zero-order chi connectivity index (χ0) is 24.2. The van der Waals surface area contributed by atoms with E-state index in [0.717, 1.165) is 6.07 Å². The van der Waals surface area contributed by atoms with Crippen LogP contribution in [0.3, 0.4) is 0 Å². The number of halogens is 3. The van der Waals surface area contributed by atoms with Crippen molar-refractivity contribution in [1.82, 2.24) is 15.2 Å². The number of phenolic OH excluding ortho intramolecular Hbond substituents is 1. The van der Waals surface area contributed by atoms with Crippen LogP contribution in [-0.4, -0.2) is 46.4 Å². The molecule has 0 saturated carbocycles. The van der Waals surface area contributed by atoms with E-state index in [1.807, 2.05) is 13.8 Å². The summed E-state index contributed by atoms with van der Waals surface area (Å²) in [7, 11) is 1.66. The lowest BCUT2D eigenvalue weighted by Gasteiger charge is -2.30. The quantitative estimate of drug-likeness (QED) is 0.658. The molecule has 1 aliphatic heterocycles. The van der Waals surface area contributed by atoms with Crippen molar-refractivity contribution in [2.75, 3.05) is 19.3 Å². The molecule has 7 nitrogen and oxygen atoms in total. The molecule has 2 heterocycles. The summed E-state index contributed by atoms with van der Waals surface area (Å²) in [5.74, 6) is -1.16. The van der Waals surface area contributed by atoms with Crippen LogP contribution in [0.25, 0.3) is 11.3 Å². The standard InChI is InChI=1S/C20H21F3N4O3.C2H6/c1-10-7-11(20(21,22)23)8-15(28)17(10)14-5-4-13(18(24)26-14)19(30)25-12-3-6-16(29)27(2)9-12;1-2/h4-5,7-8,12,28H,3,6,9H2,1-2H3,(H2,24,26)(H,25,30);1-2H3. The molecule has 0 radical (unpaired) electrons. The van der Waals surface area contributed by atoms with Crippen molar-refractivity contribution in [2.24, 2.45) is 0 Å². The number of alkyl halides is 3. The summed E-state index contributed by atoms with van der Waals surface area (Å²) in [6.45, 7) is 5.80. The van der Waals surface area contributed by atoms with Gasteiger partial charge in [0.25, 0.3) is 5.91 Å². The fraction of sp³-hybridized carbons (Fsp3) is 0.409. The topological polar surface area (TPSA) is 109 Å². The van der Waals surface area contributed by atoms with E-state index in [4.69, 9.17) is 5.73 Å². The van der Waals surface area contributed by atoms with E-state index >= 15 is 0 Å². The molecule has 1 aromatic carbocycles. The predicted molar refractivity (Wildman–Crippen MR) is 115 cm³/mol. The van der Waals surface area contributed by atoms with E-state index in [-0.39, 0.29) is 40.2 Å². The first-order valence-corrected chi connectivity index (χ1v) is 10.2. The van der Waals surface area contributed by atoms with E-state index in [2.05, 4.69) is 10.3 Å². The SMILES string of the molecule is CC.Cc1cc(C(F)(F)F)cc(O)c1-c1ccc(C(=O)NC2CCC(=O)N(C)C2)c(N)n1. The Morgan fingerprint density at radius 2 is 1.94 bits per heavy atom. The molecule has 0 aliphatic carbocycles. The van der Waals surface area contributed by atoms with Crippen LogP contribution < -0.4 is 11.1 Å². The van der Waals surface area contributed by atoms with Gasteiger partial charge in [0.2, 0.25) is 5.91 Å². The van der Waals surface area contributed by atoms with E-state index in [0.29, 0.717) is 25.5 Å². The number of nitrogen functional groups attached to an aromatic ring is 1. The summed E-state index contributed by atoms with van der Waals surface area (Å²) in [6, 6.07) is 4.13. The highest BCUT2D eigenvalue weighted by molar-refractivity contribution is 5.99. The minimum Gasteiger partial charge on any atom is -0.507 e. The molecular formula is C22H27F3N4O3. The van der Waals surface area contributed by atoms with Crippen molar-refractivity contribution >= 4 is 17.6 Å². The van der Waals surface area contributed by atoms with Gasteiger partial charge in [-0.3, -0.25) is 9.59 Å². The number of hydrogen-bond acceptors (Lipinski definition) is 5. The molecule has 10 heteroatoms. The highest BCUT2D eigenvalue weighted by atomic mass is 19.4. The number of nitrogens with one attached hydrogen (secondary N) is 1. The normalized spacial score (nSPS) is 16.3. The lowest BCUT2D eigenvalue weighted by molar-refractivity contribution is -0.137. The van der Waals surface area contributed by atoms with Crippen LogP contribution in [-0.2, 0) is 11.0 Å². The smallest absolute Gasteiger partial charge is 0.416 e. The molecular weight excluding hydrogens is 425 g/mol. The number of amides is 2.